The van der Waals surface area contributed by atoms with Crippen molar-refractivity contribution in [1.82, 2.24) is 0 Å². The molecule has 0 aliphatic carbocycles. The van der Waals surface area contributed by atoms with Gasteiger partial charge in [0.25, 0.3) is 11.8 Å². The fourth-order valence-corrected chi connectivity index (χ4v) is 5.25. The SMILES string of the molecule is COc1c(Cl)cc(C(=O)Nc2ccc(N3CCOCC3)c(NC(=O)c3cc(Cl)c(OC)c(Cl)c3)c2)cc1Cl. The molecule has 1 aliphatic heterocycles. The Bertz CT molecular complexity index is 1330. The summed E-state index contributed by atoms with van der Waals surface area (Å²) in [5, 5.41) is 6.55. The molecule has 0 aromatic heterocycles. The van der Waals surface area contributed by atoms with Gasteiger partial charge >= 0.3 is 0 Å². The van der Waals surface area contributed by atoms with Crippen molar-refractivity contribution in [2.24, 2.45) is 0 Å². The van der Waals surface area contributed by atoms with Crippen LogP contribution in [0.2, 0.25) is 20.1 Å². The van der Waals surface area contributed by atoms with E-state index in [2.05, 4.69) is 15.5 Å². The lowest BCUT2D eigenvalue weighted by Gasteiger charge is -2.31. The normalized spacial score (nSPS) is 13.2. The lowest BCUT2D eigenvalue weighted by atomic mass is 10.1. The highest BCUT2D eigenvalue weighted by Gasteiger charge is 2.20. The maximum absolute atomic E-state index is 13.2. The van der Waals surface area contributed by atoms with Crippen molar-refractivity contribution in [3.8, 4) is 11.5 Å². The number of anilines is 3. The Hall–Kier alpha value is -2.88. The van der Waals surface area contributed by atoms with Gasteiger partial charge in [-0.1, -0.05) is 46.4 Å². The minimum absolute atomic E-state index is 0.205. The number of benzene rings is 3. The molecule has 3 aromatic rings. The number of amides is 2. The highest BCUT2D eigenvalue weighted by atomic mass is 35.5. The van der Waals surface area contributed by atoms with Crippen LogP contribution in [0.3, 0.4) is 0 Å². The molecule has 3 aromatic carbocycles. The Kier molecular flexibility index (Phi) is 9.12. The number of methoxy groups -OCH3 is 2. The van der Waals surface area contributed by atoms with Gasteiger partial charge in [-0.05, 0) is 42.5 Å². The summed E-state index contributed by atoms with van der Waals surface area (Å²) >= 11 is 24.8. The highest BCUT2D eigenvalue weighted by Crippen LogP contribution is 2.36. The Balaban J connectivity index is 1.64. The zero-order chi connectivity index (χ0) is 27.4. The minimum atomic E-state index is -0.443. The zero-order valence-corrected chi connectivity index (χ0v) is 23.4. The summed E-state index contributed by atoms with van der Waals surface area (Å²) in [5.41, 5.74) is 2.16. The summed E-state index contributed by atoms with van der Waals surface area (Å²) in [6.45, 7) is 2.37. The zero-order valence-electron chi connectivity index (χ0n) is 20.4. The van der Waals surface area contributed by atoms with Crippen molar-refractivity contribution in [3.05, 3.63) is 73.7 Å². The molecule has 0 spiro atoms. The van der Waals surface area contributed by atoms with Crippen LogP contribution >= 0.6 is 46.4 Å². The molecule has 0 radical (unpaired) electrons. The van der Waals surface area contributed by atoms with E-state index < -0.39 is 11.8 Å². The van der Waals surface area contributed by atoms with Gasteiger partial charge in [-0.2, -0.15) is 0 Å². The molecule has 4 rings (SSSR count). The number of nitrogens with zero attached hydrogens (tertiary/aromatic N) is 1. The minimum Gasteiger partial charge on any atom is -0.494 e. The Morgan fingerprint density at radius 1 is 0.763 bits per heavy atom. The highest BCUT2D eigenvalue weighted by molar-refractivity contribution is 6.38. The maximum Gasteiger partial charge on any atom is 0.255 e. The molecule has 200 valence electrons. The second-order valence-electron chi connectivity index (χ2n) is 8.19. The molecule has 8 nitrogen and oxygen atoms in total. The van der Waals surface area contributed by atoms with Crippen LogP contribution in [0.4, 0.5) is 17.1 Å². The van der Waals surface area contributed by atoms with E-state index in [9.17, 15) is 9.59 Å². The second-order valence-corrected chi connectivity index (χ2v) is 9.81. The van der Waals surface area contributed by atoms with Gasteiger partial charge in [0, 0.05) is 29.9 Å². The quantitative estimate of drug-likeness (QED) is 0.316. The largest absolute Gasteiger partial charge is 0.494 e. The molecule has 12 heteroatoms. The molecule has 0 atom stereocenters. The van der Waals surface area contributed by atoms with E-state index in [0.29, 0.717) is 37.7 Å². The first-order valence-electron chi connectivity index (χ1n) is 11.4. The van der Waals surface area contributed by atoms with E-state index in [1.807, 2.05) is 6.07 Å². The van der Waals surface area contributed by atoms with Crippen LogP contribution in [-0.2, 0) is 4.74 Å². The van der Waals surface area contributed by atoms with Crippen LogP contribution in [0.25, 0.3) is 0 Å². The summed E-state index contributed by atoms with van der Waals surface area (Å²) < 4.78 is 15.8. The van der Waals surface area contributed by atoms with E-state index in [4.69, 9.17) is 60.6 Å². The number of carbonyl (C=O) groups is 2. The lowest BCUT2D eigenvalue weighted by molar-refractivity contribution is 0.101. The standard InChI is InChI=1S/C26H23Cl4N3O5/c1-36-23-17(27)9-14(10-18(23)28)25(34)31-16-3-4-22(33-5-7-38-8-6-33)21(13-16)32-26(35)15-11-19(29)24(37-2)20(30)12-15/h3-4,9-13H,5-8H2,1-2H3,(H,31,34)(H,32,35). The smallest absolute Gasteiger partial charge is 0.255 e. The predicted octanol–water partition coefficient (Wildman–Crippen LogP) is 6.66. The summed E-state index contributed by atoms with van der Waals surface area (Å²) in [6.07, 6.45) is 0. The van der Waals surface area contributed by atoms with Gasteiger partial charge in [0.05, 0.1) is 58.9 Å². The van der Waals surface area contributed by atoms with Crippen molar-refractivity contribution >= 4 is 75.3 Å². The molecule has 1 aliphatic rings. The first-order chi connectivity index (χ1) is 18.2. The number of rotatable bonds is 7. The fraction of sp³-hybridized carbons (Fsp3) is 0.231. The van der Waals surface area contributed by atoms with E-state index >= 15 is 0 Å². The van der Waals surface area contributed by atoms with Gasteiger partial charge in [0.15, 0.2) is 11.5 Å². The van der Waals surface area contributed by atoms with Crippen molar-refractivity contribution in [2.45, 2.75) is 0 Å². The summed E-state index contributed by atoms with van der Waals surface area (Å²) in [7, 11) is 2.88. The van der Waals surface area contributed by atoms with Crippen LogP contribution in [0, 0.1) is 0 Å². The third kappa shape index (κ3) is 6.22. The number of nitrogens with one attached hydrogen (secondary N) is 2. The van der Waals surface area contributed by atoms with Crippen molar-refractivity contribution in [1.29, 1.82) is 0 Å². The molecule has 38 heavy (non-hydrogen) atoms. The summed E-state index contributed by atoms with van der Waals surface area (Å²) in [6, 6.07) is 11.1. The van der Waals surface area contributed by atoms with Crippen molar-refractivity contribution in [2.75, 3.05) is 56.1 Å². The Labute approximate surface area is 239 Å². The molecule has 1 fully saturated rings. The number of carbonyl (C=O) groups excluding carboxylic acids is 2. The van der Waals surface area contributed by atoms with E-state index in [-0.39, 0.29) is 42.7 Å². The van der Waals surface area contributed by atoms with Gasteiger partial charge in [-0.3, -0.25) is 9.59 Å². The molecule has 0 bridgehead atoms. The van der Waals surface area contributed by atoms with Crippen LogP contribution < -0.4 is 25.0 Å². The molecule has 2 amide bonds. The first-order valence-corrected chi connectivity index (χ1v) is 12.9. The monoisotopic (exact) mass is 597 g/mol. The molecule has 2 N–H and O–H groups in total. The van der Waals surface area contributed by atoms with E-state index in [1.54, 1.807) is 12.1 Å². The number of ether oxygens (including phenoxy) is 3. The summed E-state index contributed by atoms with van der Waals surface area (Å²) in [5.74, 6) is -0.324. The fourth-order valence-electron chi connectivity index (χ4n) is 3.96. The molecule has 0 saturated carbocycles. The number of hydrogen-bond donors (Lipinski definition) is 2. The van der Waals surface area contributed by atoms with Crippen molar-refractivity contribution in [3.63, 3.8) is 0 Å². The number of morpholine rings is 1. The lowest BCUT2D eigenvalue weighted by Crippen LogP contribution is -2.36. The third-order valence-corrected chi connectivity index (χ3v) is 6.91. The predicted molar refractivity (Wildman–Crippen MR) is 151 cm³/mol. The van der Waals surface area contributed by atoms with E-state index in [0.717, 1.165) is 5.69 Å². The molecule has 1 saturated heterocycles. The second kappa shape index (κ2) is 12.3. The Morgan fingerprint density at radius 2 is 1.24 bits per heavy atom. The van der Waals surface area contributed by atoms with Crippen LogP contribution in [0.15, 0.2) is 42.5 Å². The molecular formula is C26H23Cl4N3O5. The molecular weight excluding hydrogens is 576 g/mol. The van der Waals surface area contributed by atoms with Gasteiger partial charge < -0.3 is 29.7 Å². The van der Waals surface area contributed by atoms with Gasteiger partial charge in [-0.25, -0.2) is 0 Å². The first kappa shape index (κ1) is 28.1. The van der Waals surface area contributed by atoms with E-state index in [1.165, 1.54) is 38.5 Å². The van der Waals surface area contributed by atoms with Crippen LogP contribution in [-0.4, -0.2) is 52.3 Å². The Morgan fingerprint density at radius 3 is 1.71 bits per heavy atom. The maximum atomic E-state index is 13.2. The van der Waals surface area contributed by atoms with Gasteiger partial charge in [0.2, 0.25) is 0 Å². The van der Waals surface area contributed by atoms with Gasteiger partial charge in [-0.15, -0.1) is 0 Å². The van der Waals surface area contributed by atoms with Gasteiger partial charge in [0.1, 0.15) is 0 Å². The number of halogens is 4. The summed E-state index contributed by atoms with van der Waals surface area (Å²) in [4.78, 5) is 28.3. The van der Waals surface area contributed by atoms with Crippen molar-refractivity contribution < 1.29 is 23.8 Å². The van der Waals surface area contributed by atoms with Crippen LogP contribution in [0.1, 0.15) is 20.7 Å². The third-order valence-electron chi connectivity index (χ3n) is 5.78. The topological polar surface area (TPSA) is 89.1 Å². The van der Waals surface area contributed by atoms with Crippen LogP contribution in [0.5, 0.6) is 11.5 Å². The number of hydrogen-bond acceptors (Lipinski definition) is 6. The molecule has 0 unspecified atom stereocenters. The average molecular weight is 599 g/mol. The molecule has 1 heterocycles. The average Bonchev–Trinajstić information content (AvgIpc) is 2.89.